The molecule has 1 heterocycles. The highest BCUT2D eigenvalue weighted by Crippen LogP contribution is 2.34. The number of hydrazine groups is 1. The number of halogens is 1. The Kier molecular flexibility index (Phi) is 6.54. The lowest BCUT2D eigenvalue weighted by molar-refractivity contribution is 0.0849. The number of nitrogens with one attached hydrogen (secondary N) is 2. The van der Waals surface area contributed by atoms with E-state index in [2.05, 4.69) is 24.7 Å². The summed E-state index contributed by atoms with van der Waals surface area (Å²) in [6.45, 7) is 4.91. The Hall–Kier alpha value is -2.57. The van der Waals surface area contributed by atoms with Crippen molar-refractivity contribution in [2.45, 2.75) is 20.3 Å². The number of benzene rings is 2. The zero-order chi connectivity index (χ0) is 20.1. The van der Waals surface area contributed by atoms with Crippen LogP contribution in [0.1, 0.15) is 40.3 Å². The van der Waals surface area contributed by atoms with Crippen molar-refractivity contribution in [2.75, 3.05) is 6.61 Å². The lowest BCUT2D eigenvalue weighted by Gasteiger charge is -2.09. The lowest BCUT2D eigenvalue weighted by Crippen LogP contribution is -2.41. The van der Waals surface area contributed by atoms with Crippen LogP contribution in [0.2, 0.25) is 5.02 Å². The molecule has 0 atom stereocenters. The van der Waals surface area contributed by atoms with Crippen molar-refractivity contribution >= 4 is 44.8 Å². The van der Waals surface area contributed by atoms with Crippen molar-refractivity contribution in [3.05, 3.63) is 64.0 Å². The van der Waals surface area contributed by atoms with Crippen LogP contribution in [-0.2, 0) is 0 Å². The first-order chi connectivity index (χ1) is 13.5. The van der Waals surface area contributed by atoms with Crippen LogP contribution < -0.4 is 15.6 Å². The van der Waals surface area contributed by atoms with E-state index in [-0.39, 0.29) is 0 Å². The topological polar surface area (TPSA) is 67.4 Å². The molecule has 7 heteroatoms. The number of carbonyl (C=O) groups is 2. The summed E-state index contributed by atoms with van der Waals surface area (Å²) in [5.41, 5.74) is 5.25. The Morgan fingerprint density at radius 1 is 1.04 bits per heavy atom. The summed E-state index contributed by atoms with van der Waals surface area (Å²) in [6, 6.07) is 14.3. The van der Waals surface area contributed by atoms with Crippen LogP contribution in [0, 0.1) is 5.92 Å². The van der Waals surface area contributed by atoms with Gasteiger partial charge >= 0.3 is 0 Å². The van der Waals surface area contributed by atoms with E-state index < -0.39 is 11.8 Å². The average Bonchev–Trinajstić information content (AvgIpc) is 3.03. The molecule has 28 heavy (non-hydrogen) atoms. The number of carbonyl (C=O) groups excluding carboxylic acids is 2. The maximum atomic E-state index is 12.4. The van der Waals surface area contributed by atoms with Crippen LogP contribution in [0.4, 0.5) is 0 Å². The summed E-state index contributed by atoms with van der Waals surface area (Å²) >= 11 is 7.56. The summed E-state index contributed by atoms with van der Waals surface area (Å²) in [4.78, 5) is 25.0. The van der Waals surface area contributed by atoms with Crippen LogP contribution >= 0.6 is 22.9 Å². The molecular weight excluding hydrogens is 396 g/mol. The maximum absolute atomic E-state index is 12.4. The Morgan fingerprint density at radius 3 is 2.39 bits per heavy atom. The monoisotopic (exact) mass is 416 g/mol. The molecule has 0 unspecified atom stereocenters. The SMILES string of the molecule is CC(C)CCOc1ccc(C(=O)NNC(=O)c2sc3ccccc3c2Cl)cc1. The van der Waals surface area contributed by atoms with Gasteiger partial charge in [0.05, 0.1) is 11.6 Å². The summed E-state index contributed by atoms with van der Waals surface area (Å²) in [6.07, 6.45) is 0.967. The quantitative estimate of drug-likeness (QED) is 0.552. The second kappa shape index (κ2) is 9.08. The first kappa shape index (κ1) is 20.2. The fourth-order valence-corrected chi connectivity index (χ4v) is 3.93. The molecule has 0 aliphatic carbocycles. The minimum absolute atomic E-state index is 0.358. The Balaban J connectivity index is 1.57. The van der Waals surface area contributed by atoms with Gasteiger partial charge < -0.3 is 4.74 Å². The molecule has 2 aromatic carbocycles. The van der Waals surface area contributed by atoms with Crippen molar-refractivity contribution in [1.82, 2.24) is 10.9 Å². The molecular formula is C21H21ClN2O3S. The standard InChI is InChI=1S/C21H21ClN2O3S/c1-13(2)11-12-27-15-9-7-14(8-10-15)20(25)23-24-21(26)19-18(22)16-5-3-4-6-17(16)28-19/h3-10,13H,11-12H2,1-2H3,(H,23,25)(H,24,26). The molecule has 0 fully saturated rings. The molecule has 5 nitrogen and oxygen atoms in total. The number of amides is 2. The van der Waals surface area contributed by atoms with E-state index in [1.165, 1.54) is 11.3 Å². The zero-order valence-electron chi connectivity index (χ0n) is 15.6. The number of ether oxygens (including phenoxy) is 1. The maximum Gasteiger partial charge on any atom is 0.281 e. The molecule has 0 saturated heterocycles. The zero-order valence-corrected chi connectivity index (χ0v) is 17.2. The van der Waals surface area contributed by atoms with Gasteiger partial charge in [0.2, 0.25) is 0 Å². The first-order valence-corrected chi connectivity index (χ1v) is 10.2. The van der Waals surface area contributed by atoms with Crippen LogP contribution in [0.3, 0.4) is 0 Å². The highest BCUT2D eigenvalue weighted by atomic mass is 35.5. The normalized spacial score (nSPS) is 10.9. The molecule has 3 aromatic rings. The molecule has 2 N–H and O–H groups in total. The summed E-state index contributed by atoms with van der Waals surface area (Å²) in [5.74, 6) is 0.411. The van der Waals surface area contributed by atoms with Crippen LogP contribution in [0.5, 0.6) is 5.75 Å². The van der Waals surface area contributed by atoms with Gasteiger partial charge in [-0.3, -0.25) is 20.4 Å². The Bertz CT molecular complexity index is 983. The first-order valence-electron chi connectivity index (χ1n) is 8.96. The third-order valence-electron chi connectivity index (χ3n) is 4.11. The molecule has 0 aliphatic rings. The third kappa shape index (κ3) is 4.82. The minimum atomic E-state index is -0.451. The van der Waals surface area contributed by atoms with E-state index in [9.17, 15) is 9.59 Å². The van der Waals surface area contributed by atoms with Gasteiger partial charge in [0.1, 0.15) is 10.6 Å². The summed E-state index contributed by atoms with van der Waals surface area (Å²) in [7, 11) is 0. The average molecular weight is 417 g/mol. The molecule has 3 rings (SSSR count). The van der Waals surface area contributed by atoms with Gasteiger partial charge in [-0.05, 0) is 42.7 Å². The molecule has 0 saturated carbocycles. The van der Waals surface area contributed by atoms with E-state index in [0.717, 1.165) is 16.5 Å². The van der Waals surface area contributed by atoms with Gasteiger partial charge in [0, 0.05) is 15.6 Å². The molecule has 0 aliphatic heterocycles. The van der Waals surface area contributed by atoms with E-state index in [0.29, 0.717) is 33.7 Å². The second-order valence-electron chi connectivity index (χ2n) is 6.70. The van der Waals surface area contributed by atoms with Crippen molar-refractivity contribution in [2.24, 2.45) is 5.92 Å². The number of thiophene rings is 1. The summed E-state index contributed by atoms with van der Waals surface area (Å²) in [5, 5.41) is 1.20. The van der Waals surface area contributed by atoms with Crippen molar-refractivity contribution in [3.8, 4) is 5.75 Å². The van der Waals surface area contributed by atoms with Gasteiger partial charge in [0.15, 0.2) is 0 Å². The van der Waals surface area contributed by atoms with Crippen molar-refractivity contribution < 1.29 is 14.3 Å². The molecule has 0 radical (unpaired) electrons. The fourth-order valence-electron chi connectivity index (χ4n) is 2.52. The molecule has 2 amide bonds. The fraction of sp³-hybridized carbons (Fsp3) is 0.238. The third-order valence-corrected chi connectivity index (χ3v) is 5.79. The number of hydrogen-bond acceptors (Lipinski definition) is 4. The van der Waals surface area contributed by atoms with Gasteiger partial charge in [-0.2, -0.15) is 0 Å². The van der Waals surface area contributed by atoms with E-state index in [1.54, 1.807) is 24.3 Å². The Labute approximate surface area is 172 Å². The van der Waals surface area contributed by atoms with E-state index in [4.69, 9.17) is 16.3 Å². The molecule has 1 aromatic heterocycles. The minimum Gasteiger partial charge on any atom is -0.494 e. The Morgan fingerprint density at radius 2 is 1.71 bits per heavy atom. The molecule has 0 spiro atoms. The predicted octanol–water partition coefficient (Wildman–Crippen LogP) is 5.05. The van der Waals surface area contributed by atoms with Crippen molar-refractivity contribution in [3.63, 3.8) is 0 Å². The number of hydrogen-bond donors (Lipinski definition) is 2. The van der Waals surface area contributed by atoms with Gasteiger partial charge in [-0.25, -0.2) is 0 Å². The van der Waals surface area contributed by atoms with Crippen LogP contribution in [-0.4, -0.2) is 18.4 Å². The van der Waals surface area contributed by atoms with Gasteiger partial charge in [-0.1, -0.05) is 43.6 Å². The van der Waals surface area contributed by atoms with Crippen LogP contribution in [0.15, 0.2) is 48.5 Å². The highest BCUT2D eigenvalue weighted by molar-refractivity contribution is 7.21. The van der Waals surface area contributed by atoms with Gasteiger partial charge in [0.25, 0.3) is 11.8 Å². The number of fused-ring (bicyclic) bond motifs is 1. The number of rotatable bonds is 6. The molecule has 146 valence electrons. The highest BCUT2D eigenvalue weighted by Gasteiger charge is 2.17. The largest absolute Gasteiger partial charge is 0.494 e. The van der Waals surface area contributed by atoms with E-state index in [1.807, 2.05) is 24.3 Å². The molecule has 0 bridgehead atoms. The smallest absolute Gasteiger partial charge is 0.281 e. The lowest BCUT2D eigenvalue weighted by atomic mass is 10.1. The van der Waals surface area contributed by atoms with Gasteiger partial charge in [-0.15, -0.1) is 11.3 Å². The van der Waals surface area contributed by atoms with Crippen LogP contribution in [0.25, 0.3) is 10.1 Å². The second-order valence-corrected chi connectivity index (χ2v) is 8.14. The summed E-state index contributed by atoms with van der Waals surface area (Å²) < 4.78 is 6.55. The van der Waals surface area contributed by atoms with E-state index >= 15 is 0 Å². The predicted molar refractivity (Wildman–Crippen MR) is 113 cm³/mol. The van der Waals surface area contributed by atoms with Crippen molar-refractivity contribution in [1.29, 1.82) is 0 Å².